The molecule has 0 atom stereocenters. The number of halogens is 1. The molecule has 15 heavy (non-hydrogen) atoms. The van der Waals surface area contributed by atoms with Crippen LogP contribution in [0.25, 0.3) is 5.69 Å². The molecule has 0 fully saturated rings. The highest BCUT2D eigenvalue weighted by atomic mass is 19.1. The Labute approximate surface area is 86.5 Å². The lowest BCUT2D eigenvalue weighted by atomic mass is 10.3. The molecule has 1 aromatic heterocycles. The van der Waals surface area contributed by atoms with E-state index in [9.17, 15) is 4.39 Å². The standard InChI is InChI=1S/C10H11FN4/c1-7-10(6-12)15(14-13-7)9-5-3-2-4-8(9)11/h2-5H,6,12H2,1H3. The minimum Gasteiger partial charge on any atom is -0.325 e. The van der Waals surface area contributed by atoms with Gasteiger partial charge in [-0.05, 0) is 19.1 Å². The number of nitrogens with zero attached hydrogens (tertiary/aromatic N) is 3. The van der Waals surface area contributed by atoms with Crippen LogP contribution >= 0.6 is 0 Å². The average molecular weight is 206 g/mol. The highest BCUT2D eigenvalue weighted by Gasteiger charge is 2.11. The third kappa shape index (κ3) is 1.61. The molecule has 4 nitrogen and oxygen atoms in total. The molecule has 78 valence electrons. The highest BCUT2D eigenvalue weighted by Crippen LogP contribution is 2.15. The number of rotatable bonds is 2. The van der Waals surface area contributed by atoms with E-state index in [0.717, 1.165) is 11.4 Å². The molecule has 0 radical (unpaired) electrons. The molecule has 2 aromatic rings. The van der Waals surface area contributed by atoms with Crippen LogP contribution in [-0.2, 0) is 6.54 Å². The molecule has 0 amide bonds. The van der Waals surface area contributed by atoms with Crippen LogP contribution in [0.1, 0.15) is 11.4 Å². The van der Waals surface area contributed by atoms with Gasteiger partial charge in [-0.15, -0.1) is 5.10 Å². The van der Waals surface area contributed by atoms with Gasteiger partial charge >= 0.3 is 0 Å². The maximum absolute atomic E-state index is 13.5. The lowest BCUT2D eigenvalue weighted by Crippen LogP contribution is -2.09. The molecule has 0 aliphatic carbocycles. The second-order valence-corrected chi connectivity index (χ2v) is 3.19. The van der Waals surface area contributed by atoms with Crippen LogP contribution in [0, 0.1) is 12.7 Å². The van der Waals surface area contributed by atoms with Gasteiger partial charge in [0.25, 0.3) is 0 Å². The first kappa shape index (κ1) is 9.79. The van der Waals surface area contributed by atoms with E-state index in [4.69, 9.17) is 5.73 Å². The van der Waals surface area contributed by atoms with E-state index in [1.54, 1.807) is 25.1 Å². The molecule has 5 heteroatoms. The number of benzene rings is 1. The zero-order chi connectivity index (χ0) is 10.8. The van der Waals surface area contributed by atoms with Crippen LogP contribution in [0.5, 0.6) is 0 Å². The molecule has 1 aromatic carbocycles. The summed E-state index contributed by atoms with van der Waals surface area (Å²) in [6.07, 6.45) is 0. The van der Waals surface area contributed by atoms with Gasteiger partial charge in [0.05, 0.1) is 11.4 Å². The second kappa shape index (κ2) is 3.78. The smallest absolute Gasteiger partial charge is 0.148 e. The average Bonchev–Trinajstić information content (AvgIpc) is 2.60. The Balaban J connectivity index is 2.59. The maximum atomic E-state index is 13.5. The Bertz CT molecular complexity index is 478. The second-order valence-electron chi connectivity index (χ2n) is 3.19. The van der Waals surface area contributed by atoms with Gasteiger partial charge < -0.3 is 5.73 Å². The Morgan fingerprint density at radius 1 is 1.40 bits per heavy atom. The van der Waals surface area contributed by atoms with Crippen molar-refractivity contribution in [2.45, 2.75) is 13.5 Å². The Hall–Kier alpha value is -1.75. The van der Waals surface area contributed by atoms with Gasteiger partial charge in [-0.3, -0.25) is 0 Å². The minimum atomic E-state index is -0.336. The summed E-state index contributed by atoms with van der Waals surface area (Å²) in [5.41, 5.74) is 7.38. The normalized spacial score (nSPS) is 10.6. The van der Waals surface area contributed by atoms with Crippen molar-refractivity contribution in [1.82, 2.24) is 15.0 Å². The molecule has 0 unspecified atom stereocenters. The van der Waals surface area contributed by atoms with E-state index in [-0.39, 0.29) is 12.4 Å². The zero-order valence-corrected chi connectivity index (χ0v) is 8.31. The van der Waals surface area contributed by atoms with E-state index in [1.807, 2.05) is 0 Å². The zero-order valence-electron chi connectivity index (χ0n) is 8.31. The number of hydrogen-bond acceptors (Lipinski definition) is 3. The Morgan fingerprint density at radius 3 is 2.80 bits per heavy atom. The summed E-state index contributed by atoms with van der Waals surface area (Å²) in [5.74, 6) is -0.336. The molecule has 2 N–H and O–H groups in total. The van der Waals surface area contributed by atoms with Crippen molar-refractivity contribution in [3.63, 3.8) is 0 Å². The highest BCUT2D eigenvalue weighted by molar-refractivity contribution is 5.34. The minimum absolute atomic E-state index is 0.285. The van der Waals surface area contributed by atoms with E-state index in [2.05, 4.69) is 10.3 Å². The number of aryl methyl sites for hydroxylation is 1. The van der Waals surface area contributed by atoms with Crippen molar-refractivity contribution in [3.8, 4) is 5.69 Å². The van der Waals surface area contributed by atoms with Crippen molar-refractivity contribution in [3.05, 3.63) is 41.5 Å². The summed E-state index contributed by atoms with van der Waals surface area (Å²) in [5, 5.41) is 7.74. The van der Waals surface area contributed by atoms with E-state index < -0.39 is 0 Å². The van der Waals surface area contributed by atoms with Crippen molar-refractivity contribution < 1.29 is 4.39 Å². The molecule has 0 aliphatic rings. The summed E-state index contributed by atoms with van der Waals surface area (Å²) < 4.78 is 14.9. The van der Waals surface area contributed by atoms with Gasteiger partial charge in [-0.25, -0.2) is 9.07 Å². The number of nitrogens with two attached hydrogens (primary N) is 1. The molecule has 0 spiro atoms. The van der Waals surface area contributed by atoms with Gasteiger partial charge in [0.1, 0.15) is 11.5 Å². The topological polar surface area (TPSA) is 56.7 Å². The van der Waals surface area contributed by atoms with E-state index in [0.29, 0.717) is 5.69 Å². The summed E-state index contributed by atoms with van der Waals surface area (Å²) >= 11 is 0. The fraction of sp³-hybridized carbons (Fsp3) is 0.200. The Kier molecular flexibility index (Phi) is 2.47. The van der Waals surface area contributed by atoms with Crippen molar-refractivity contribution in [2.75, 3.05) is 0 Å². The van der Waals surface area contributed by atoms with Crippen molar-refractivity contribution in [2.24, 2.45) is 5.73 Å². The van der Waals surface area contributed by atoms with Crippen LogP contribution in [0.2, 0.25) is 0 Å². The first-order valence-electron chi connectivity index (χ1n) is 4.60. The predicted octanol–water partition coefficient (Wildman–Crippen LogP) is 1.17. The quantitative estimate of drug-likeness (QED) is 0.802. The van der Waals surface area contributed by atoms with Gasteiger partial charge in [-0.1, -0.05) is 17.3 Å². The predicted molar refractivity (Wildman–Crippen MR) is 53.9 cm³/mol. The lowest BCUT2D eigenvalue weighted by molar-refractivity contribution is 0.602. The fourth-order valence-electron chi connectivity index (χ4n) is 1.43. The molecule has 0 saturated carbocycles. The Morgan fingerprint density at radius 2 is 2.13 bits per heavy atom. The lowest BCUT2D eigenvalue weighted by Gasteiger charge is -2.05. The van der Waals surface area contributed by atoms with Crippen LogP contribution in [-0.4, -0.2) is 15.0 Å². The van der Waals surface area contributed by atoms with Crippen molar-refractivity contribution in [1.29, 1.82) is 0 Å². The molecule has 0 aliphatic heterocycles. The van der Waals surface area contributed by atoms with Gasteiger partial charge in [0.2, 0.25) is 0 Å². The van der Waals surface area contributed by atoms with Crippen LogP contribution in [0.4, 0.5) is 4.39 Å². The summed E-state index contributed by atoms with van der Waals surface area (Å²) in [6, 6.07) is 6.40. The largest absolute Gasteiger partial charge is 0.325 e. The first-order valence-corrected chi connectivity index (χ1v) is 4.60. The van der Waals surface area contributed by atoms with Crippen LogP contribution < -0.4 is 5.73 Å². The molecular weight excluding hydrogens is 195 g/mol. The van der Waals surface area contributed by atoms with Crippen LogP contribution in [0.3, 0.4) is 0 Å². The molecule has 0 bridgehead atoms. The number of para-hydroxylation sites is 1. The molecule has 2 rings (SSSR count). The SMILES string of the molecule is Cc1nnn(-c2ccccc2F)c1CN. The maximum Gasteiger partial charge on any atom is 0.148 e. The molecular formula is C10H11FN4. The van der Waals surface area contributed by atoms with Gasteiger partial charge in [0, 0.05) is 6.54 Å². The fourth-order valence-corrected chi connectivity index (χ4v) is 1.43. The van der Waals surface area contributed by atoms with Crippen LogP contribution in [0.15, 0.2) is 24.3 Å². The summed E-state index contributed by atoms with van der Waals surface area (Å²) in [4.78, 5) is 0. The molecule has 1 heterocycles. The van der Waals surface area contributed by atoms with E-state index in [1.165, 1.54) is 10.7 Å². The summed E-state index contributed by atoms with van der Waals surface area (Å²) in [7, 11) is 0. The number of aromatic nitrogens is 3. The van der Waals surface area contributed by atoms with Gasteiger partial charge in [-0.2, -0.15) is 0 Å². The third-order valence-corrected chi connectivity index (χ3v) is 2.23. The van der Waals surface area contributed by atoms with E-state index >= 15 is 0 Å². The van der Waals surface area contributed by atoms with Crippen molar-refractivity contribution >= 4 is 0 Å². The summed E-state index contributed by atoms with van der Waals surface area (Å²) in [6.45, 7) is 2.08. The first-order chi connectivity index (χ1) is 7.24. The van der Waals surface area contributed by atoms with Gasteiger partial charge in [0.15, 0.2) is 0 Å². The number of hydrogen-bond donors (Lipinski definition) is 1. The molecule has 0 saturated heterocycles. The monoisotopic (exact) mass is 206 g/mol. The third-order valence-electron chi connectivity index (χ3n) is 2.23.